The van der Waals surface area contributed by atoms with Crippen LogP contribution in [0.2, 0.25) is 0 Å². The third kappa shape index (κ3) is 4.86. The number of aliphatic imine (C=N–C) groups is 1. The van der Waals surface area contributed by atoms with Crippen molar-refractivity contribution in [2.75, 3.05) is 39.3 Å². The fourth-order valence-corrected chi connectivity index (χ4v) is 4.10. The number of nitriles is 1. The highest BCUT2D eigenvalue weighted by Crippen LogP contribution is 2.48. The van der Waals surface area contributed by atoms with Crippen LogP contribution in [0, 0.1) is 29.1 Å². The number of carbonyl (C=O) groups is 1. The molecule has 158 valence electrons. The Balaban J connectivity index is 1.75. The molecule has 3 rings (SSSR count). The van der Waals surface area contributed by atoms with E-state index in [4.69, 9.17) is 11.7 Å². The van der Waals surface area contributed by atoms with Gasteiger partial charge in [0.2, 0.25) is 0 Å². The molecule has 0 unspecified atom stereocenters. The molecule has 1 saturated heterocycles. The van der Waals surface area contributed by atoms with Gasteiger partial charge in [-0.05, 0) is 32.0 Å². The van der Waals surface area contributed by atoms with Gasteiger partial charge in [-0.25, -0.2) is 9.79 Å². The van der Waals surface area contributed by atoms with Crippen molar-refractivity contribution < 1.29 is 4.79 Å². The molecule has 7 heteroatoms. The minimum Gasteiger partial charge on any atom is -0.372 e. The van der Waals surface area contributed by atoms with Crippen LogP contribution in [-0.4, -0.2) is 65.8 Å². The van der Waals surface area contributed by atoms with E-state index < -0.39 is 0 Å². The second-order valence-electron chi connectivity index (χ2n) is 8.12. The molecule has 0 radical (unpaired) electrons. The first-order valence-corrected chi connectivity index (χ1v) is 10.5. The van der Waals surface area contributed by atoms with Gasteiger partial charge in [-0.15, -0.1) is 12.3 Å². The average Bonchev–Trinajstić information content (AvgIpc) is 3.41. The van der Waals surface area contributed by atoms with Crippen molar-refractivity contribution in [3.05, 3.63) is 36.3 Å². The third-order valence-electron chi connectivity index (χ3n) is 6.01. The Kier molecular flexibility index (Phi) is 6.84. The number of terminal acetylenes is 1. The molecule has 1 aliphatic carbocycles. The predicted octanol–water partition coefficient (Wildman–Crippen LogP) is 2.68. The van der Waals surface area contributed by atoms with E-state index in [9.17, 15) is 4.79 Å². The zero-order valence-electron chi connectivity index (χ0n) is 17.7. The normalized spacial score (nSPS) is 20.7. The van der Waals surface area contributed by atoms with E-state index in [-0.39, 0.29) is 11.4 Å². The zero-order valence-corrected chi connectivity index (χ0v) is 17.7. The number of carbonyl (C=O) groups excluding carboxylic acids is 1. The molecule has 0 aromatic heterocycles. The fourth-order valence-electron chi connectivity index (χ4n) is 4.10. The molecule has 3 aliphatic rings. The molecule has 30 heavy (non-hydrogen) atoms. The number of hydrogen-bond donors (Lipinski definition) is 1. The maximum absolute atomic E-state index is 13.2. The molecule has 2 amide bonds. The highest BCUT2D eigenvalue weighted by Gasteiger charge is 2.48. The van der Waals surface area contributed by atoms with Crippen LogP contribution in [0.25, 0.3) is 0 Å². The Labute approximate surface area is 179 Å². The van der Waals surface area contributed by atoms with Crippen molar-refractivity contribution in [2.45, 2.75) is 32.6 Å². The first-order valence-electron chi connectivity index (χ1n) is 10.5. The summed E-state index contributed by atoms with van der Waals surface area (Å²) in [6.45, 7) is 9.86. The summed E-state index contributed by atoms with van der Waals surface area (Å²) in [6.07, 6.45) is 13.9. The summed E-state index contributed by atoms with van der Waals surface area (Å²) < 4.78 is 0. The topological polar surface area (TPSA) is 75.0 Å². The van der Waals surface area contributed by atoms with E-state index in [1.54, 1.807) is 17.3 Å². The van der Waals surface area contributed by atoms with E-state index in [1.165, 1.54) is 0 Å². The van der Waals surface area contributed by atoms with Crippen LogP contribution in [0.15, 0.2) is 41.3 Å². The maximum atomic E-state index is 13.2. The monoisotopic (exact) mass is 406 g/mol. The van der Waals surface area contributed by atoms with Crippen molar-refractivity contribution in [3.8, 4) is 18.4 Å². The SMILES string of the molecule is C#CCCN(CCC#N)C(=O)N1CCN(/C(C)=C2\C=CN=C2NC=C)CC2(CC2)C1. The third-order valence-corrected chi connectivity index (χ3v) is 6.01. The molecular weight excluding hydrogens is 376 g/mol. The van der Waals surface area contributed by atoms with E-state index in [0.717, 1.165) is 49.6 Å². The molecule has 0 aromatic carbocycles. The molecule has 2 aliphatic heterocycles. The van der Waals surface area contributed by atoms with Crippen LogP contribution in [0.5, 0.6) is 0 Å². The summed E-state index contributed by atoms with van der Waals surface area (Å²) in [5, 5.41) is 12.1. The molecule has 1 saturated carbocycles. The Morgan fingerprint density at radius 3 is 2.73 bits per heavy atom. The molecule has 7 nitrogen and oxygen atoms in total. The maximum Gasteiger partial charge on any atom is 0.320 e. The van der Waals surface area contributed by atoms with Gasteiger partial charge in [-0.2, -0.15) is 5.26 Å². The highest BCUT2D eigenvalue weighted by atomic mass is 16.2. The predicted molar refractivity (Wildman–Crippen MR) is 118 cm³/mol. The van der Waals surface area contributed by atoms with E-state index in [2.05, 4.69) is 40.7 Å². The molecule has 1 N–H and O–H groups in total. The van der Waals surface area contributed by atoms with Crippen LogP contribution in [0.3, 0.4) is 0 Å². The molecule has 2 fully saturated rings. The van der Waals surface area contributed by atoms with E-state index in [0.29, 0.717) is 32.5 Å². The van der Waals surface area contributed by atoms with Gasteiger partial charge in [0.1, 0.15) is 5.84 Å². The molecule has 0 bridgehead atoms. The van der Waals surface area contributed by atoms with Gasteiger partial charge in [0.15, 0.2) is 0 Å². The fraction of sp³-hybridized carbons (Fsp3) is 0.522. The zero-order chi connectivity index (χ0) is 21.6. The Bertz CT molecular complexity index is 834. The van der Waals surface area contributed by atoms with Crippen LogP contribution in [0.4, 0.5) is 4.79 Å². The van der Waals surface area contributed by atoms with Crippen molar-refractivity contribution in [1.29, 1.82) is 5.26 Å². The summed E-state index contributed by atoms with van der Waals surface area (Å²) in [5.74, 6) is 3.41. The highest BCUT2D eigenvalue weighted by molar-refractivity contribution is 6.04. The number of amidine groups is 1. The lowest BCUT2D eigenvalue weighted by atomic mass is 10.1. The van der Waals surface area contributed by atoms with Crippen molar-refractivity contribution in [2.24, 2.45) is 10.4 Å². The Hall–Kier alpha value is -3.19. The van der Waals surface area contributed by atoms with Crippen LogP contribution >= 0.6 is 0 Å². The van der Waals surface area contributed by atoms with Crippen molar-refractivity contribution in [3.63, 3.8) is 0 Å². The summed E-state index contributed by atoms with van der Waals surface area (Å²) in [5.41, 5.74) is 2.37. The molecule has 1 spiro atoms. The van der Waals surface area contributed by atoms with Crippen molar-refractivity contribution in [1.82, 2.24) is 20.0 Å². The smallest absolute Gasteiger partial charge is 0.320 e. The first kappa shape index (κ1) is 21.5. The number of urea groups is 1. The Morgan fingerprint density at radius 1 is 1.37 bits per heavy atom. The summed E-state index contributed by atoms with van der Waals surface area (Å²) in [7, 11) is 0. The number of nitrogens with zero attached hydrogens (tertiary/aromatic N) is 5. The molecular formula is C23H30N6O. The summed E-state index contributed by atoms with van der Waals surface area (Å²) in [4.78, 5) is 23.7. The Morgan fingerprint density at radius 2 is 2.07 bits per heavy atom. The average molecular weight is 407 g/mol. The number of amides is 2. The molecule has 2 heterocycles. The van der Waals surface area contributed by atoms with E-state index in [1.807, 2.05) is 11.0 Å². The lowest BCUT2D eigenvalue weighted by Crippen LogP contribution is -2.46. The molecule has 0 atom stereocenters. The van der Waals surface area contributed by atoms with Crippen LogP contribution < -0.4 is 5.32 Å². The number of hydrogen-bond acceptors (Lipinski definition) is 5. The van der Waals surface area contributed by atoms with Gasteiger partial charge in [0, 0.05) is 68.6 Å². The van der Waals surface area contributed by atoms with Crippen LogP contribution in [0.1, 0.15) is 32.6 Å². The van der Waals surface area contributed by atoms with Gasteiger partial charge in [0.25, 0.3) is 0 Å². The number of rotatable bonds is 6. The number of allylic oxidation sites excluding steroid dienone is 1. The largest absolute Gasteiger partial charge is 0.372 e. The summed E-state index contributed by atoms with van der Waals surface area (Å²) >= 11 is 0. The second-order valence-corrected chi connectivity index (χ2v) is 8.12. The van der Waals surface area contributed by atoms with Gasteiger partial charge < -0.3 is 20.0 Å². The van der Waals surface area contributed by atoms with Gasteiger partial charge >= 0.3 is 6.03 Å². The van der Waals surface area contributed by atoms with Crippen LogP contribution in [-0.2, 0) is 0 Å². The van der Waals surface area contributed by atoms with E-state index >= 15 is 0 Å². The standard InChI is InChI=1S/C23H30N6O/c1-4-6-13-27(14-7-11-24)22(30)29-16-15-28(17-23(18-29)9-10-23)19(3)20-8-12-26-21(20)25-5-2/h1,5,8,12H,2,6-7,9-10,13-18H2,3H3,(H,25,26)/b20-19+. The van der Waals surface area contributed by atoms with Gasteiger partial charge in [-0.1, -0.05) is 6.58 Å². The molecule has 0 aromatic rings. The van der Waals surface area contributed by atoms with Gasteiger partial charge in [-0.3, -0.25) is 0 Å². The summed E-state index contributed by atoms with van der Waals surface area (Å²) in [6, 6.07) is 2.13. The lowest BCUT2D eigenvalue weighted by Gasteiger charge is -2.30. The second kappa shape index (κ2) is 9.54. The minimum absolute atomic E-state index is 0.00438. The van der Waals surface area contributed by atoms with Gasteiger partial charge in [0.05, 0.1) is 12.5 Å². The first-order chi connectivity index (χ1) is 14.5. The minimum atomic E-state index is -0.00438. The van der Waals surface area contributed by atoms with Crippen molar-refractivity contribution >= 4 is 11.9 Å². The quantitative estimate of drug-likeness (QED) is 0.688. The number of nitrogens with one attached hydrogen (secondary N) is 1. The lowest BCUT2D eigenvalue weighted by molar-refractivity contribution is 0.150.